The molecule has 2 aromatic rings. The molecule has 0 saturated heterocycles. The van der Waals surface area contributed by atoms with Crippen LogP contribution in [0, 0.1) is 20.8 Å². The van der Waals surface area contributed by atoms with Gasteiger partial charge in [-0.1, -0.05) is 23.8 Å². The van der Waals surface area contributed by atoms with Gasteiger partial charge in [-0.2, -0.15) is 5.10 Å². The van der Waals surface area contributed by atoms with Crippen LogP contribution in [0.2, 0.25) is 0 Å². The highest BCUT2D eigenvalue weighted by molar-refractivity contribution is 5.34. The Balaban J connectivity index is 2.30. The summed E-state index contributed by atoms with van der Waals surface area (Å²) in [4.78, 5) is 0. The Kier molecular flexibility index (Phi) is 2.69. The average Bonchev–Trinajstić information content (AvgIpc) is 2.50. The molecule has 1 aromatic carbocycles. The Morgan fingerprint density at radius 1 is 1.19 bits per heavy atom. The third kappa shape index (κ3) is 2.08. The fraction of sp³-hybridized carbons (Fsp3) is 0.308. The molecule has 1 aromatic heterocycles. The van der Waals surface area contributed by atoms with Crippen LogP contribution in [0.4, 0.5) is 5.82 Å². The van der Waals surface area contributed by atoms with Crippen molar-refractivity contribution in [2.45, 2.75) is 27.3 Å². The van der Waals surface area contributed by atoms with Gasteiger partial charge in [0.25, 0.3) is 0 Å². The van der Waals surface area contributed by atoms with Crippen LogP contribution in [-0.2, 0) is 6.54 Å². The van der Waals surface area contributed by atoms with Crippen LogP contribution in [-0.4, -0.2) is 9.78 Å². The topological polar surface area (TPSA) is 43.8 Å². The first-order chi connectivity index (χ1) is 7.56. The van der Waals surface area contributed by atoms with Gasteiger partial charge >= 0.3 is 0 Å². The molecule has 3 heteroatoms. The van der Waals surface area contributed by atoms with Crippen molar-refractivity contribution in [2.24, 2.45) is 0 Å². The lowest BCUT2D eigenvalue weighted by Gasteiger charge is -2.08. The minimum atomic E-state index is 0.720. The zero-order chi connectivity index (χ0) is 11.7. The van der Waals surface area contributed by atoms with Crippen LogP contribution in [0.25, 0.3) is 0 Å². The van der Waals surface area contributed by atoms with E-state index < -0.39 is 0 Å². The van der Waals surface area contributed by atoms with Crippen molar-refractivity contribution in [1.29, 1.82) is 0 Å². The second-order valence-corrected chi connectivity index (χ2v) is 4.30. The molecule has 84 valence electrons. The summed E-state index contributed by atoms with van der Waals surface area (Å²) in [6.07, 6.45) is 0. The lowest BCUT2D eigenvalue weighted by molar-refractivity contribution is 0.686. The SMILES string of the molecule is Cc1ccc(Cn2nc(C)cc2N)c(C)c1. The van der Waals surface area contributed by atoms with Crippen LogP contribution in [0.5, 0.6) is 0 Å². The number of rotatable bonds is 2. The first-order valence-electron chi connectivity index (χ1n) is 5.42. The molecule has 0 saturated carbocycles. The first-order valence-corrected chi connectivity index (χ1v) is 5.42. The molecule has 0 aliphatic heterocycles. The Morgan fingerprint density at radius 3 is 2.50 bits per heavy atom. The average molecular weight is 215 g/mol. The molecule has 0 aliphatic rings. The van der Waals surface area contributed by atoms with Crippen LogP contribution in [0.15, 0.2) is 24.3 Å². The molecule has 0 aliphatic carbocycles. The summed E-state index contributed by atoms with van der Waals surface area (Å²) in [6, 6.07) is 8.33. The van der Waals surface area contributed by atoms with E-state index in [0.29, 0.717) is 0 Å². The number of aryl methyl sites for hydroxylation is 3. The summed E-state index contributed by atoms with van der Waals surface area (Å²) in [5, 5.41) is 4.36. The van der Waals surface area contributed by atoms with Gasteiger partial charge in [0, 0.05) is 6.07 Å². The van der Waals surface area contributed by atoms with Crippen molar-refractivity contribution in [3.63, 3.8) is 0 Å². The van der Waals surface area contributed by atoms with Crippen molar-refractivity contribution in [2.75, 3.05) is 5.73 Å². The number of nitrogens with two attached hydrogens (primary N) is 1. The molecule has 16 heavy (non-hydrogen) atoms. The van der Waals surface area contributed by atoms with Gasteiger partial charge in [0.1, 0.15) is 5.82 Å². The molecule has 3 nitrogen and oxygen atoms in total. The zero-order valence-corrected chi connectivity index (χ0v) is 9.99. The maximum Gasteiger partial charge on any atom is 0.122 e. The summed E-state index contributed by atoms with van der Waals surface area (Å²) in [5.74, 6) is 0.720. The van der Waals surface area contributed by atoms with Crippen molar-refractivity contribution in [1.82, 2.24) is 9.78 Å². The zero-order valence-electron chi connectivity index (χ0n) is 9.99. The maximum absolute atomic E-state index is 5.87. The van der Waals surface area contributed by atoms with Gasteiger partial charge < -0.3 is 5.73 Å². The highest BCUT2D eigenvalue weighted by Gasteiger charge is 2.04. The molecule has 0 spiro atoms. The summed E-state index contributed by atoms with van der Waals surface area (Å²) < 4.78 is 1.84. The van der Waals surface area contributed by atoms with Crippen molar-refractivity contribution in [3.8, 4) is 0 Å². The van der Waals surface area contributed by atoms with E-state index in [0.717, 1.165) is 18.1 Å². The fourth-order valence-electron chi connectivity index (χ4n) is 1.88. The third-order valence-electron chi connectivity index (χ3n) is 2.75. The maximum atomic E-state index is 5.87. The summed E-state index contributed by atoms with van der Waals surface area (Å²) in [6.45, 7) is 6.92. The molecular weight excluding hydrogens is 198 g/mol. The molecule has 0 amide bonds. The lowest BCUT2D eigenvalue weighted by Crippen LogP contribution is -2.07. The normalized spacial score (nSPS) is 10.7. The quantitative estimate of drug-likeness (QED) is 0.836. The van der Waals surface area contributed by atoms with E-state index in [1.54, 1.807) is 0 Å². The van der Waals surface area contributed by atoms with Crippen molar-refractivity contribution < 1.29 is 0 Å². The number of benzene rings is 1. The molecule has 0 fully saturated rings. The van der Waals surface area contributed by atoms with Gasteiger partial charge in [-0.3, -0.25) is 0 Å². The van der Waals surface area contributed by atoms with Crippen molar-refractivity contribution in [3.05, 3.63) is 46.6 Å². The Morgan fingerprint density at radius 2 is 1.94 bits per heavy atom. The molecule has 0 radical (unpaired) electrons. The highest BCUT2D eigenvalue weighted by atomic mass is 15.3. The van der Waals surface area contributed by atoms with Crippen molar-refractivity contribution >= 4 is 5.82 Å². The first kappa shape index (κ1) is 10.7. The number of hydrogen-bond acceptors (Lipinski definition) is 2. The monoisotopic (exact) mass is 215 g/mol. The van der Waals surface area contributed by atoms with Crippen LogP contribution < -0.4 is 5.73 Å². The number of anilines is 1. The van der Waals surface area contributed by atoms with Gasteiger partial charge in [0.2, 0.25) is 0 Å². The molecular formula is C13H17N3. The molecule has 1 heterocycles. The van der Waals surface area contributed by atoms with E-state index in [9.17, 15) is 0 Å². The molecule has 2 rings (SSSR count). The standard InChI is InChI=1S/C13H17N3/c1-9-4-5-12(10(2)6-9)8-16-13(14)7-11(3)15-16/h4-7H,8,14H2,1-3H3. The molecule has 0 bridgehead atoms. The Hall–Kier alpha value is -1.77. The molecule has 0 unspecified atom stereocenters. The van der Waals surface area contributed by atoms with E-state index in [4.69, 9.17) is 5.73 Å². The molecule has 0 atom stereocenters. The third-order valence-corrected chi connectivity index (χ3v) is 2.75. The van der Waals surface area contributed by atoms with Crippen LogP contribution in [0.3, 0.4) is 0 Å². The van der Waals surface area contributed by atoms with Gasteiger partial charge in [0.15, 0.2) is 0 Å². The second-order valence-electron chi connectivity index (χ2n) is 4.30. The predicted molar refractivity (Wildman–Crippen MR) is 66.4 cm³/mol. The van der Waals surface area contributed by atoms with Gasteiger partial charge in [-0.05, 0) is 31.9 Å². The largest absolute Gasteiger partial charge is 0.384 e. The number of nitrogens with zero attached hydrogens (tertiary/aromatic N) is 2. The van der Waals surface area contributed by atoms with E-state index >= 15 is 0 Å². The number of hydrogen-bond donors (Lipinski definition) is 1. The summed E-state index contributed by atoms with van der Waals surface area (Å²) in [7, 11) is 0. The lowest BCUT2D eigenvalue weighted by atomic mass is 10.1. The minimum Gasteiger partial charge on any atom is -0.384 e. The van der Waals surface area contributed by atoms with E-state index in [1.807, 2.05) is 17.7 Å². The van der Waals surface area contributed by atoms with Gasteiger partial charge in [0.05, 0.1) is 12.2 Å². The van der Waals surface area contributed by atoms with E-state index in [1.165, 1.54) is 16.7 Å². The number of aromatic nitrogens is 2. The summed E-state index contributed by atoms with van der Waals surface area (Å²) >= 11 is 0. The summed E-state index contributed by atoms with van der Waals surface area (Å²) in [5.41, 5.74) is 10.7. The minimum absolute atomic E-state index is 0.720. The van der Waals surface area contributed by atoms with Gasteiger partial charge in [-0.25, -0.2) is 4.68 Å². The number of nitrogen functional groups attached to an aromatic ring is 1. The van der Waals surface area contributed by atoms with Crippen LogP contribution in [0.1, 0.15) is 22.4 Å². The predicted octanol–water partition coefficient (Wildman–Crippen LogP) is 2.44. The highest BCUT2D eigenvalue weighted by Crippen LogP contribution is 2.14. The second kappa shape index (κ2) is 4.00. The molecule has 2 N–H and O–H groups in total. The van der Waals surface area contributed by atoms with E-state index in [2.05, 4.69) is 37.1 Å². The Bertz CT molecular complexity index is 512. The fourth-order valence-corrected chi connectivity index (χ4v) is 1.88. The van der Waals surface area contributed by atoms with Crippen LogP contribution >= 0.6 is 0 Å². The van der Waals surface area contributed by atoms with E-state index in [-0.39, 0.29) is 0 Å². The van der Waals surface area contributed by atoms with Gasteiger partial charge in [-0.15, -0.1) is 0 Å². The smallest absolute Gasteiger partial charge is 0.122 e. The Labute approximate surface area is 95.9 Å².